The van der Waals surface area contributed by atoms with Gasteiger partial charge in [0.05, 0.1) is 25.2 Å². The highest BCUT2D eigenvalue weighted by Gasteiger charge is 2.34. The van der Waals surface area contributed by atoms with Gasteiger partial charge in [0, 0.05) is 39.1 Å². The summed E-state index contributed by atoms with van der Waals surface area (Å²) in [6.07, 6.45) is 0.316. The third-order valence-electron chi connectivity index (χ3n) is 5.03. The van der Waals surface area contributed by atoms with E-state index >= 15 is 0 Å². The highest BCUT2D eigenvalue weighted by atomic mass is 16.5. The third-order valence-corrected chi connectivity index (χ3v) is 5.03. The van der Waals surface area contributed by atoms with Crippen LogP contribution >= 0.6 is 0 Å². The summed E-state index contributed by atoms with van der Waals surface area (Å²) >= 11 is 0. The molecule has 0 aromatic heterocycles. The highest BCUT2D eigenvalue weighted by molar-refractivity contribution is 5.89. The van der Waals surface area contributed by atoms with E-state index in [4.69, 9.17) is 4.74 Å². The summed E-state index contributed by atoms with van der Waals surface area (Å²) in [5.74, 6) is -0.192. The number of hydrogen-bond acceptors (Lipinski definition) is 4. The first-order valence-electron chi connectivity index (χ1n) is 9.06. The van der Waals surface area contributed by atoms with Crippen molar-refractivity contribution in [2.75, 3.05) is 45.9 Å². The first-order chi connectivity index (χ1) is 12.1. The van der Waals surface area contributed by atoms with E-state index in [1.54, 1.807) is 0 Å². The summed E-state index contributed by atoms with van der Waals surface area (Å²) in [6.45, 7) is 7.39. The van der Waals surface area contributed by atoms with Gasteiger partial charge < -0.3 is 15.0 Å². The minimum absolute atomic E-state index is 0.0291. The zero-order chi connectivity index (χ0) is 17.6. The molecule has 1 aromatic rings. The average Bonchev–Trinajstić information content (AvgIpc) is 3.02. The Balaban J connectivity index is 1.47. The number of hydrogen-bond donors (Lipinski definition) is 1. The molecular formula is C19H27N3O3. The number of carbonyl (C=O) groups is 2. The fraction of sp³-hybridized carbons (Fsp3) is 0.579. The molecule has 2 saturated heterocycles. The molecular weight excluding hydrogens is 318 g/mol. The van der Waals surface area contributed by atoms with Gasteiger partial charge in [0.15, 0.2) is 0 Å². The van der Waals surface area contributed by atoms with Crippen LogP contribution in [0, 0.1) is 5.92 Å². The van der Waals surface area contributed by atoms with Crippen LogP contribution in [0.5, 0.6) is 0 Å². The lowest BCUT2D eigenvalue weighted by Gasteiger charge is -2.28. The number of amides is 2. The molecule has 2 heterocycles. The Morgan fingerprint density at radius 2 is 1.96 bits per heavy atom. The van der Waals surface area contributed by atoms with E-state index in [0.29, 0.717) is 19.5 Å². The highest BCUT2D eigenvalue weighted by Crippen LogP contribution is 2.20. The van der Waals surface area contributed by atoms with Crippen LogP contribution in [0.15, 0.2) is 30.3 Å². The molecule has 25 heavy (non-hydrogen) atoms. The molecule has 6 heteroatoms. The molecule has 0 aliphatic carbocycles. The van der Waals surface area contributed by atoms with Gasteiger partial charge in [0.1, 0.15) is 0 Å². The quantitative estimate of drug-likeness (QED) is 0.837. The number of carbonyl (C=O) groups excluding carboxylic acids is 2. The van der Waals surface area contributed by atoms with Crippen molar-refractivity contribution in [2.45, 2.75) is 19.4 Å². The lowest BCUT2D eigenvalue weighted by Crippen LogP contribution is -2.42. The minimum atomic E-state index is -0.247. The Bertz CT molecular complexity index is 587. The molecule has 2 atom stereocenters. The molecule has 0 radical (unpaired) electrons. The van der Waals surface area contributed by atoms with Gasteiger partial charge in [-0.2, -0.15) is 0 Å². The van der Waals surface area contributed by atoms with Crippen LogP contribution in [0.1, 0.15) is 24.9 Å². The average molecular weight is 345 g/mol. The Morgan fingerprint density at radius 3 is 2.68 bits per heavy atom. The molecule has 6 nitrogen and oxygen atoms in total. The first-order valence-corrected chi connectivity index (χ1v) is 9.06. The van der Waals surface area contributed by atoms with Crippen molar-refractivity contribution >= 4 is 11.8 Å². The van der Waals surface area contributed by atoms with E-state index in [-0.39, 0.29) is 23.8 Å². The van der Waals surface area contributed by atoms with Crippen molar-refractivity contribution < 1.29 is 14.3 Å². The number of nitrogens with one attached hydrogen (secondary N) is 1. The molecule has 1 aromatic carbocycles. The van der Waals surface area contributed by atoms with E-state index in [1.807, 2.05) is 42.2 Å². The van der Waals surface area contributed by atoms with Crippen LogP contribution in [0.3, 0.4) is 0 Å². The molecule has 1 N–H and O–H groups in total. The standard InChI is InChI=1S/C19H27N3O3/c1-15(16-5-3-2-4-6-16)20-19(24)17-13-18(23)22(14-17)8-7-21-9-11-25-12-10-21/h2-6,15,17H,7-14H2,1H3,(H,20,24)/t15-,17+/m0/s1. The third kappa shape index (κ3) is 4.80. The van der Waals surface area contributed by atoms with Crippen molar-refractivity contribution in [3.8, 4) is 0 Å². The lowest BCUT2D eigenvalue weighted by molar-refractivity contribution is -0.129. The number of morpholine rings is 1. The fourth-order valence-corrected chi connectivity index (χ4v) is 3.41. The number of nitrogens with zero attached hydrogens (tertiary/aromatic N) is 2. The van der Waals surface area contributed by atoms with Crippen molar-refractivity contribution in [1.82, 2.24) is 15.1 Å². The van der Waals surface area contributed by atoms with Crippen LogP contribution in [-0.4, -0.2) is 67.6 Å². The summed E-state index contributed by atoms with van der Waals surface area (Å²) in [5, 5.41) is 3.04. The predicted molar refractivity (Wildman–Crippen MR) is 94.9 cm³/mol. The van der Waals surface area contributed by atoms with E-state index in [1.165, 1.54) is 0 Å². The predicted octanol–water partition coefficient (Wildman–Crippen LogP) is 1.04. The second-order valence-electron chi connectivity index (χ2n) is 6.84. The van der Waals surface area contributed by atoms with E-state index in [2.05, 4.69) is 10.2 Å². The largest absolute Gasteiger partial charge is 0.379 e. The van der Waals surface area contributed by atoms with Gasteiger partial charge in [-0.3, -0.25) is 14.5 Å². The summed E-state index contributed by atoms with van der Waals surface area (Å²) in [7, 11) is 0. The van der Waals surface area contributed by atoms with Crippen molar-refractivity contribution in [2.24, 2.45) is 5.92 Å². The van der Waals surface area contributed by atoms with Crippen molar-refractivity contribution in [1.29, 1.82) is 0 Å². The first kappa shape index (κ1) is 17.9. The Hall–Kier alpha value is -1.92. The Kier molecular flexibility index (Phi) is 6.04. The van der Waals surface area contributed by atoms with Crippen molar-refractivity contribution in [3.63, 3.8) is 0 Å². The van der Waals surface area contributed by atoms with Gasteiger partial charge in [0.2, 0.25) is 11.8 Å². The zero-order valence-corrected chi connectivity index (χ0v) is 14.8. The molecule has 2 aliphatic rings. The molecule has 0 spiro atoms. The zero-order valence-electron chi connectivity index (χ0n) is 14.8. The lowest BCUT2D eigenvalue weighted by atomic mass is 10.1. The van der Waals surface area contributed by atoms with Crippen LogP contribution in [-0.2, 0) is 14.3 Å². The van der Waals surface area contributed by atoms with Gasteiger partial charge in [0.25, 0.3) is 0 Å². The molecule has 2 fully saturated rings. The summed E-state index contributed by atoms with van der Waals surface area (Å²) in [5.41, 5.74) is 1.07. The maximum absolute atomic E-state index is 12.5. The SMILES string of the molecule is C[C@H](NC(=O)[C@@H]1CC(=O)N(CCN2CCOCC2)C1)c1ccccc1. The number of likely N-dealkylation sites (tertiary alicyclic amines) is 1. The van der Waals surface area contributed by atoms with Gasteiger partial charge >= 0.3 is 0 Å². The maximum atomic E-state index is 12.5. The van der Waals surface area contributed by atoms with E-state index in [9.17, 15) is 9.59 Å². The van der Waals surface area contributed by atoms with Crippen LogP contribution in [0.25, 0.3) is 0 Å². The number of benzene rings is 1. The minimum Gasteiger partial charge on any atom is -0.379 e. The van der Waals surface area contributed by atoms with Crippen LogP contribution < -0.4 is 5.32 Å². The maximum Gasteiger partial charge on any atom is 0.225 e. The van der Waals surface area contributed by atoms with E-state index in [0.717, 1.165) is 38.4 Å². The second-order valence-corrected chi connectivity index (χ2v) is 6.84. The molecule has 2 aliphatic heterocycles. The van der Waals surface area contributed by atoms with Gasteiger partial charge in [-0.05, 0) is 12.5 Å². The van der Waals surface area contributed by atoms with E-state index < -0.39 is 0 Å². The molecule has 0 saturated carbocycles. The normalized spacial score (nSPS) is 22.8. The van der Waals surface area contributed by atoms with Gasteiger partial charge in [-0.1, -0.05) is 30.3 Å². The van der Waals surface area contributed by atoms with Gasteiger partial charge in [-0.25, -0.2) is 0 Å². The number of rotatable bonds is 6. The summed E-state index contributed by atoms with van der Waals surface area (Å²) in [6, 6.07) is 9.83. The van der Waals surface area contributed by atoms with Crippen molar-refractivity contribution in [3.05, 3.63) is 35.9 Å². The molecule has 2 amide bonds. The fourth-order valence-electron chi connectivity index (χ4n) is 3.41. The Labute approximate surface area is 149 Å². The number of ether oxygens (including phenoxy) is 1. The summed E-state index contributed by atoms with van der Waals surface area (Å²) < 4.78 is 5.34. The Morgan fingerprint density at radius 1 is 1.24 bits per heavy atom. The molecule has 0 bridgehead atoms. The monoisotopic (exact) mass is 345 g/mol. The summed E-state index contributed by atoms with van der Waals surface area (Å²) in [4.78, 5) is 28.9. The molecule has 136 valence electrons. The smallest absolute Gasteiger partial charge is 0.225 e. The molecule has 3 rings (SSSR count). The topological polar surface area (TPSA) is 61.9 Å². The van der Waals surface area contributed by atoms with Crippen LogP contribution in [0.4, 0.5) is 0 Å². The molecule has 0 unspecified atom stereocenters. The van der Waals surface area contributed by atoms with Crippen LogP contribution in [0.2, 0.25) is 0 Å². The second kappa shape index (κ2) is 8.45. The van der Waals surface area contributed by atoms with Gasteiger partial charge in [-0.15, -0.1) is 0 Å².